The van der Waals surface area contributed by atoms with E-state index >= 15 is 0 Å². The highest BCUT2D eigenvalue weighted by Gasteiger charge is 2.13. The fourth-order valence-electron chi connectivity index (χ4n) is 0.766. The third kappa shape index (κ3) is 1.94. The number of nitro benzene ring substituents is 1. The molecule has 0 N–H and O–H groups in total. The van der Waals surface area contributed by atoms with E-state index in [-0.39, 0.29) is 5.69 Å². The molecular formula is C7H3FN2O3. The minimum Gasteiger partial charge on any atom is -0.258 e. The average Bonchev–Trinajstić information content (AvgIpc) is 2.04. The molecule has 0 saturated heterocycles. The molecule has 1 aromatic rings. The number of carbonyl (C=O) groups excluding carboxylic acids is 1. The van der Waals surface area contributed by atoms with E-state index in [2.05, 4.69) is 4.99 Å². The van der Waals surface area contributed by atoms with Crippen molar-refractivity contribution in [1.82, 2.24) is 0 Å². The maximum absolute atomic E-state index is 12.8. The van der Waals surface area contributed by atoms with Gasteiger partial charge in [-0.2, -0.15) is 9.38 Å². The molecule has 0 saturated carbocycles. The second-order valence-electron chi connectivity index (χ2n) is 2.10. The molecular weight excluding hydrogens is 179 g/mol. The van der Waals surface area contributed by atoms with Crippen molar-refractivity contribution in [3.05, 3.63) is 34.1 Å². The highest BCUT2D eigenvalue weighted by atomic mass is 19.1. The molecule has 0 heterocycles. The number of aliphatic imine (C=N–C) groups is 1. The van der Waals surface area contributed by atoms with Gasteiger partial charge in [0.2, 0.25) is 11.9 Å². The van der Waals surface area contributed by atoms with Gasteiger partial charge < -0.3 is 0 Å². The first-order valence-electron chi connectivity index (χ1n) is 3.17. The van der Waals surface area contributed by atoms with Gasteiger partial charge in [0.05, 0.1) is 10.6 Å². The maximum Gasteiger partial charge on any atom is 0.304 e. The predicted molar refractivity (Wildman–Crippen MR) is 40.8 cm³/mol. The predicted octanol–water partition coefficient (Wildman–Crippen LogP) is 1.70. The molecule has 0 fully saturated rings. The molecule has 0 aliphatic carbocycles. The standard InChI is InChI=1S/C7H3FN2O3/c8-6-3-5(9-4-11)1-2-7(6)10(12)13/h1-3H. The summed E-state index contributed by atoms with van der Waals surface area (Å²) >= 11 is 0. The van der Waals surface area contributed by atoms with E-state index in [1.54, 1.807) is 0 Å². The Morgan fingerprint density at radius 1 is 1.54 bits per heavy atom. The van der Waals surface area contributed by atoms with E-state index < -0.39 is 16.4 Å². The number of nitro groups is 1. The zero-order valence-corrected chi connectivity index (χ0v) is 6.23. The van der Waals surface area contributed by atoms with Gasteiger partial charge in [-0.3, -0.25) is 10.1 Å². The van der Waals surface area contributed by atoms with Gasteiger partial charge in [0.15, 0.2) is 0 Å². The summed E-state index contributed by atoms with van der Waals surface area (Å²) < 4.78 is 12.8. The Hall–Kier alpha value is -2.07. The van der Waals surface area contributed by atoms with E-state index in [0.29, 0.717) is 0 Å². The number of halogens is 1. The summed E-state index contributed by atoms with van der Waals surface area (Å²) in [6.07, 6.45) is 1.20. The highest BCUT2D eigenvalue weighted by molar-refractivity contribution is 5.51. The van der Waals surface area contributed by atoms with Gasteiger partial charge in [0.25, 0.3) is 0 Å². The highest BCUT2D eigenvalue weighted by Crippen LogP contribution is 2.21. The lowest BCUT2D eigenvalue weighted by molar-refractivity contribution is -0.387. The van der Waals surface area contributed by atoms with Crippen molar-refractivity contribution >= 4 is 17.5 Å². The first-order valence-corrected chi connectivity index (χ1v) is 3.17. The fraction of sp³-hybridized carbons (Fsp3) is 0. The van der Waals surface area contributed by atoms with Crippen molar-refractivity contribution in [3.63, 3.8) is 0 Å². The third-order valence-corrected chi connectivity index (χ3v) is 1.30. The van der Waals surface area contributed by atoms with Crippen LogP contribution in [0.4, 0.5) is 15.8 Å². The Morgan fingerprint density at radius 3 is 2.69 bits per heavy atom. The molecule has 5 nitrogen and oxygen atoms in total. The molecule has 0 aliphatic rings. The van der Waals surface area contributed by atoms with Crippen molar-refractivity contribution in [2.45, 2.75) is 0 Å². The smallest absolute Gasteiger partial charge is 0.258 e. The summed E-state index contributed by atoms with van der Waals surface area (Å²) in [5.74, 6) is -1.03. The summed E-state index contributed by atoms with van der Waals surface area (Å²) in [4.78, 5) is 22.1. The second-order valence-corrected chi connectivity index (χ2v) is 2.10. The first kappa shape index (κ1) is 9.02. The Balaban J connectivity index is 3.19. The monoisotopic (exact) mass is 182 g/mol. The van der Waals surface area contributed by atoms with Gasteiger partial charge in [-0.15, -0.1) is 0 Å². The number of hydrogen-bond acceptors (Lipinski definition) is 4. The SMILES string of the molecule is O=C=Nc1ccc([N+](=O)[O-])c(F)c1. The van der Waals surface area contributed by atoms with Crippen LogP contribution in [-0.4, -0.2) is 11.0 Å². The third-order valence-electron chi connectivity index (χ3n) is 1.30. The van der Waals surface area contributed by atoms with Crippen LogP contribution in [-0.2, 0) is 4.79 Å². The molecule has 0 amide bonds. The summed E-state index contributed by atoms with van der Waals surface area (Å²) in [6, 6.07) is 2.89. The Kier molecular flexibility index (Phi) is 2.47. The zero-order valence-electron chi connectivity index (χ0n) is 6.23. The minimum atomic E-state index is -1.03. The molecule has 0 unspecified atom stereocenters. The lowest BCUT2D eigenvalue weighted by atomic mass is 10.3. The first-order chi connectivity index (χ1) is 6.15. The zero-order chi connectivity index (χ0) is 9.84. The largest absolute Gasteiger partial charge is 0.304 e. The number of nitrogens with zero attached hydrogens (tertiary/aromatic N) is 2. The number of isocyanates is 1. The molecule has 6 heteroatoms. The number of rotatable bonds is 2. The lowest BCUT2D eigenvalue weighted by Gasteiger charge is -1.93. The average molecular weight is 182 g/mol. The topological polar surface area (TPSA) is 72.6 Å². The Labute approximate surface area is 71.7 Å². The quantitative estimate of drug-likeness (QED) is 0.302. The molecule has 0 aromatic heterocycles. The Morgan fingerprint density at radius 2 is 2.23 bits per heavy atom. The molecule has 13 heavy (non-hydrogen) atoms. The molecule has 1 aromatic carbocycles. The van der Waals surface area contributed by atoms with Crippen LogP contribution >= 0.6 is 0 Å². The van der Waals surface area contributed by atoms with Gasteiger partial charge in [-0.05, 0) is 6.07 Å². The van der Waals surface area contributed by atoms with Crippen molar-refractivity contribution in [1.29, 1.82) is 0 Å². The molecule has 0 aliphatic heterocycles. The van der Waals surface area contributed by atoms with E-state index in [1.165, 1.54) is 6.08 Å². The van der Waals surface area contributed by atoms with Crippen molar-refractivity contribution in [2.75, 3.05) is 0 Å². The fourth-order valence-corrected chi connectivity index (χ4v) is 0.766. The summed E-state index contributed by atoms with van der Waals surface area (Å²) in [6.45, 7) is 0. The molecule has 0 bridgehead atoms. The van der Waals surface area contributed by atoms with Crippen molar-refractivity contribution < 1.29 is 14.1 Å². The molecule has 1 rings (SSSR count). The maximum atomic E-state index is 12.8. The van der Waals surface area contributed by atoms with Crippen molar-refractivity contribution in [2.24, 2.45) is 4.99 Å². The van der Waals surface area contributed by atoms with Crippen LogP contribution in [0.2, 0.25) is 0 Å². The van der Waals surface area contributed by atoms with E-state index in [1.807, 2.05) is 0 Å². The van der Waals surface area contributed by atoms with E-state index in [9.17, 15) is 19.3 Å². The number of benzene rings is 1. The van der Waals surface area contributed by atoms with Gasteiger partial charge in [-0.1, -0.05) is 0 Å². The minimum absolute atomic E-state index is 0.00176. The van der Waals surface area contributed by atoms with E-state index in [4.69, 9.17) is 0 Å². The van der Waals surface area contributed by atoms with Gasteiger partial charge >= 0.3 is 5.69 Å². The molecule has 66 valence electrons. The number of hydrogen-bond donors (Lipinski definition) is 0. The molecule has 0 spiro atoms. The van der Waals surface area contributed by atoms with Crippen LogP contribution in [0.5, 0.6) is 0 Å². The van der Waals surface area contributed by atoms with Crippen LogP contribution in [0.15, 0.2) is 23.2 Å². The second kappa shape index (κ2) is 3.55. The molecule has 0 radical (unpaired) electrons. The van der Waals surface area contributed by atoms with Crippen LogP contribution in [0.1, 0.15) is 0 Å². The van der Waals surface area contributed by atoms with Gasteiger partial charge in [0.1, 0.15) is 0 Å². The van der Waals surface area contributed by atoms with Gasteiger partial charge in [0, 0.05) is 12.1 Å². The van der Waals surface area contributed by atoms with Crippen LogP contribution in [0.25, 0.3) is 0 Å². The summed E-state index contributed by atoms with van der Waals surface area (Å²) in [5.41, 5.74) is -0.650. The summed E-state index contributed by atoms with van der Waals surface area (Å²) in [7, 11) is 0. The Bertz CT molecular complexity index is 399. The van der Waals surface area contributed by atoms with E-state index in [0.717, 1.165) is 18.2 Å². The van der Waals surface area contributed by atoms with Crippen LogP contribution < -0.4 is 0 Å². The summed E-state index contributed by atoms with van der Waals surface area (Å²) in [5, 5.41) is 10.1. The normalized spacial score (nSPS) is 9.00. The van der Waals surface area contributed by atoms with Crippen LogP contribution in [0, 0.1) is 15.9 Å². The van der Waals surface area contributed by atoms with Crippen molar-refractivity contribution in [3.8, 4) is 0 Å². The van der Waals surface area contributed by atoms with Crippen LogP contribution in [0.3, 0.4) is 0 Å². The lowest BCUT2D eigenvalue weighted by Crippen LogP contribution is -1.90. The molecule has 0 atom stereocenters. The van der Waals surface area contributed by atoms with Gasteiger partial charge in [-0.25, -0.2) is 4.79 Å².